The maximum atomic E-state index is 12.5. The maximum Gasteiger partial charge on any atom is 0.404 e. The van der Waals surface area contributed by atoms with E-state index in [1.165, 1.54) is 5.57 Å². The number of nitrogens with two attached hydrogens (primary N) is 1. The van der Waals surface area contributed by atoms with Gasteiger partial charge in [-0.25, -0.2) is 4.79 Å². The number of hydrogen-bond acceptors (Lipinski definition) is 8. The van der Waals surface area contributed by atoms with Crippen molar-refractivity contribution in [1.29, 1.82) is 0 Å². The van der Waals surface area contributed by atoms with Gasteiger partial charge in [-0.2, -0.15) is 0 Å². The predicted octanol–water partition coefficient (Wildman–Crippen LogP) is 11.1. The molecule has 0 saturated heterocycles. The lowest BCUT2D eigenvalue weighted by atomic mass is 9.81. The Kier molecular flexibility index (Phi) is 22.9. The van der Waals surface area contributed by atoms with Gasteiger partial charge in [0.2, 0.25) is 0 Å². The molecule has 0 aliphatic heterocycles. The molecule has 0 aromatic rings. The van der Waals surface area contributed by atoms with Crippen molar-refractivity contribution in [2.75, 3.05) is 6.61 Å². The summed E-state index contributed by atoms with van der Waals surface area (Å²) < 4.78 is 25.1. The van der Waals surface area contributed by atoms with Gasteiger partial charge in [0, 0.05) is 31.1 Å². The zero-order valence-corrected chi connectivity index (χ0v) is 40.5. The summed E-state index contributed by atoms with van der Waals surface area (Å²) in [5, 5.41) is 10.7. The van der Waals surface area contributed by atoms with E-state index in [1.54, 1.807) is 19.1 Å². The highest BCUT2D eigenvalue weighted by molar-refractivity contribution is 6.74. The van der Waals surface area contributed by atoms with E-state index >= 15 is 0 Å². The van der Waals surface area contributed by atoms with Crippen LogP contribution in [0.1, 0.15) is 122 Å². The van der Waals surface area contributed by atoms with E-state index in [1.807, 2.05) is 25.2 Å². The number of allylic oxidation sites excluding steroid dienone is 3. The van der Waals surface area contributed by atoms with Crippen LogP contribution in [0.3, 0.4) is 0 Å². The van der Waals surface area contributed by atoms with Gasteiger partial charge >= 0.3 is 12.1 Å². The number of aliphatic hydroxyl groups is 1. The molecule has 0 rings (SSSR count). The first-order valence-corrected chi connectivity index (χ1v) is 26.6. The van der Waals surface area contributed by atoms with Gasteiger partial charge in [-0.15, -0.1) is 0 Å². The Hall–Kier alpha value is -2.32. The van der Waals surface area contributed by atoms with Crippen LogP contribution in [-0.2, 0) is 27.9 Å². The number of aliphatic hydroxyl groups excluding tert-OH is 1. The summed E-state index contributed by atoms with van der Waals surface area (Å²) in [5.41, 5.74) is 6.83. The van der Waals surface area contributed by atoms with Crippen LogP contribution >= 0.6 is 0 Å². The Labute approximate surface area is 344 Å². The molecule has 0 saturated carbocycles. The Morgan fingerprint density at radius 3 is 1.77 bits per heavy atom. The van der Waals surface area contributed by atoms with E-state index < -0.39 is 34.9 Å². The molecule has 0 aromatic carbocycles. The predicted molar refractivity (Wildman–Crippen MR) is 237 cm³/mol. The van der Waals surface area contributed by atoms with Crippen molar-refractivity contribution in [3.8, 4) is 0 Å². The SMILES string of the molecule is C=CC=C[C@H](C)[C@H](OC(N)=O)[C@@H](C)[C@H](O[Si](C)(C)C(C)(C)C)[C@@H](C)CC(C)=C[C@H](C)[C@@H](O[Si](C)(C)C(C)(C)C)[C@@H](C)C=C[C@@H](O)CC(=O)CCCC(=O)OCC. The van der Waals surface area contributed by atoms with Crippen LogP contribution in [0.4, 0.5) is 4.79 Å². The topological polar surface area (TPSA) is 134 Å². The Morgan fingerprint density at radius 2 is 1.29 bits per heavy atom. The zero-order chi connectivity index (χ0) is 43.8. The fourth-order valence-electron chi connectivity index (χ4n) is 6.56. The first-order valence-electron chi connectivity index (χ1n) is 20.8. The number of primary amides is 1. The van der Waals surface area contributed by atoms with Crippen LogP contribution in [-0.4, -0.2) is 70.6 Å². The summed E-state index contributed by atoms with van der Waals surface area (Å²) >= 11 is 0. The summed E-state index contributed by atoms with van der Waals surface area (Å²) in [4.78, 5) is 36.4. The van der Waals surface area contributed by atoms with Gasteiger partial charge in [0.15, 0.2) is 16.6 Å². The van der Waals surface area contributed by atoms with Crippen molar-refractivity contribution in [1.82, 2.24) is 0 Å². The van der Waals surface area contributed by atoms with Crippen LogP contribution in [0.2, 0.25) is 36.3 Å². The third-order valence-corrected chi connectivity index (χ3v) is 20.8. The number of ether oxygens (including phenoxy) is 2. The number of ketones is 1. The number of rotatable bonds is 25. The minimum atomic E-state index is -2.25. The second-order valence-electron chi connectivity index (χ2n) is 19.2. The van der Waals surface area contributed by atoms with Crippen molar-refractivity contribution < 1.29 is 37.8 Å². The molecule has 0 aliphatic rings. The monoisotopic (exact) mass is 822 g/mol. The number of esters is 1. The van der Waals surface area contributed by atoms with Gasteiger partial charge in [-0.3, -0.25) is 9.59 Å². The number of carbonyl (C=O) groups excluding carboxylic acids is 3. The molecule has 324 valence electrons. The molecule has 56 heavy (non-hydrogen) atoms. The number of carbonyl (C=O) groups is 3. The lowest BCUT2D eigenvalue weighted by Crippen LogP contribution is -2.50. The molecule has 9 nitrogen and oxygen atoms in total. The molecule has 0 unspecified atom stereocenters. The molecule has 0 spiro atoms. The van der Waals surface area contributed by atoms with E-state index in [0.29, 0.717) is 13.0 Å². The third kappa shape index (κ3) is 19.0. The second kappa shape index (κ2) is 23.9. The van der Waals surface area contributed by atoms with Crippen molar-refractivity contribution in [2.45, 2.75) is 183 Å². The summed E-state index contributed by atoms with van der Waals surface area (Å²) in [6.45, 7) is 41.1. The third-order valence-electron chi connectivity index (χ3n) is 11.8. The van der Waals surface area contributed by atoms with E-state index in [4.69, 9.17) is 24.1 Å². The Balaban J connectivity index is 6.54. The summed E-state index contributed by atoms with van der Waals surface area (Å²) in [6.07, 6.45) is 10.5. The largest absolute Gasteiger partial charge is 0.466 e. The fraction of sp³-hybridized carbons (Fsp3) is 0.756. The smallest absolute Gasteiger partial charge is 0.404 e. The second-order valence-corrected chi connectivity index (χ2v) is 28.7. The molecule has 3 N–H and O–H groups in total. The molecular formula is C45H83NO8Si2. The normalized spacial score (nSPS) is 18.4. The van der Waals surface area contributed by atoms with E-state index in [9.17, 15) is 19.5 Å². The maximum absolute atomic E-state index is 12.5. The van der Waals surface area contributed by atoms with Gasteiger partial charge in [0.25, 0.3) is 0 Å². The summed E-state index contributed by atoms with van der Waals surface area (Å²) in [7, 11) is -4.46. The van der Waals surface area contributed by atoms with Crippen molar-refractivity contribution in [3.63, 3.8) is 0 Å². The average Bonchev–Trinajstić information content (AvgIpc) is 3.04. The summed E-state index contributed by atoms with van der Waals surface area (Å²) in [5.74, 6) is -0.605. The van der Waals surface area contributed by atoms with Crippen LogP contribution in [0, 0.1) is 29.6 Å². The van der Waals surface area contributed by atoms with Crippen molar-refractivity contribution in [2.24, 2.45) is 35.3 Å². The van der Waals surface area contributed by atoms with Gasteiger partial charge in [0.05, 0.1) is 24.9 Å². The highest BCUT2D eigenvalue weighted by Crippen LogP contribution is 2.42. The number of hydrogen-bond donors (Lipinski definition) is 2. The molecule has 0 aliphatic carbocycles. The van der Waals surface area contributed by atoms with Gasteiger partial charge in [0.1, 0.15) is 11.9 Å². The quantitative estimate of drug-likeness (QED) is 0.0402. The number of Topliss-reactive ketones (excluding diaryl/α,β-unsaturated/α-hetero) is 1. The van der Waals surface area contributed by atoms with E-state index in [2.05, 4.69) is 115 Å². The van der Waals surface area contributed by atoms with Gasteiger partial charge in [-0.1, -0.05) is 125 Å². The average molecular weight is 822 g/mol. The van der Waals surface area contributed by atoms with Crippen molar-refractivity contribution >= 4 is 34.5 Å². The Morgan fingerprint density at radius 1 is 0.768 bits per heavy atom. The highest BCUT2D eigenvalue weighted by atomic mass is 28.4. The summed E-state index contributed by atoms with van der Waals surface area (Å²) in [6, 6.07) is 0. The molecule has 0 bridgehead atoms. The molecule has 0 aromatic heterocycles. The molecule has 0 fully saturated rings. The lowest BCUT2D eigenvalue weighted by molar-refractivity contribution is -0.143. The molecule has 9 atom stereocenters. The van der Waals surface area contributed by atoms with E-state index in [0.717, 1.165) is 6.42 Å². The fourth-order valence-corrected chi connectivity index (χ4v) is 9.51. The highest BCUT2D eigenvalue weighted by Gasteiger charge is 2.44. The van der Waals surface area contributed by atoms with Crippen LogP contribution < -0.4 is 5.73 Å². The first-order chi connectivity index (χ1) is 25.5. The first kappa shape index (κ1) is 53.7. The minimum Gasteiger partial charge on any atom is -0.466 e. The van der Waals surface area contributed by atoms with Gasteiger partial charge < -0.3 is 29.2 Å². The molecule has 0 heterocycles. The molecule has 11 heteroatoms. The standard InChI is InChI=1S/C45H83NO8Si2/c1-19-21-23-32(4)41(52-43(46)50)36(8)42(54-56(17,18)45(12,13)14)35(7)29-31(3)28-34(6)40(53-55(15,16)44(9,10)11)33(5)26-27-38(48)30-37(47)24-22-25-39(49)51-20-2/h19,21,23,26-28,32-36,38,40-42,48H,1,20,22,24-25,29-30H2,2-18H3,(H2,46,50)/t32-,33-,34-,35-,36+,38+,40-,41-,42+/m0/s1. The lowest BCUT2D eigenvalue weighted by Gasteiger charge is -2.45. The molecule has 0 radical (unpaired) electrons. The van der Waals surface area contributed by atoms with Gasteiger partial charge in [-0.05, 0) is 80.7 Å². The van der Waals surface area contributed by atoms with Crippen LogP contribution in [0.5, 0.6) is 0 Å². The zero-order valence-electron chi connectivity index (χ0n) is 38.5. The van der Waals surface area contributed by atoms with Crippen LogP contribution in [0.15, 0.2) is 48.6 Å². The van der Waals surface area contributed by atoms with Crippen LogP contribution in [0.25, 0.3) is 0 Å². The van der Waals surface area contributed by atoms with E-state index in [-0.39, 0.29) is 82.9 Å². The Bertz CT molecular complexity index is 1330. The number of amides is 1. The minimum absolute atomic E-state index is 0.00253. The van der Waals surface area contributed by atoms with Crippen molar-refractivity contribution in [3.05, 3.63) is 48.6 Å². The molecular weight excluding hydrogens is 739 g/mol. The molecule has 1 amide bonds.